The van der Waals surface area contributed by atoms with Gasteiger partial charge in [-0.2, -0.15) is 0 Å². The molecule has 1 saturated heterocycles. The van der Waals surface area contributed by atoms with Crippen molar-refractivity contribution in [3.05, 3.63) is 52.2 Å². The average molecular weight is 367 g/mol. The summed E-state index contributed by atoms with van der Waals surface area (Å²) >= 11 is 1.45. The molecule has 4 rings (SSSR count). The molecule has 0 bridgehead atoms. The van der Waals surface area contributed by atoms with Crippen LogP contribution in [0.15, 0.2) is 35.3 Å². The van der Waals surface area contributed by atoms with E-state index in [-0.39, 0.29) is 11.8 Å². The Hall–Kier alpha value is -2.47. The van der Waals surface area contributed by atoms with Crippen LogP contribution in [0.4, 0.5) is 0 Å². The third-order valence-corrected chi connectivity index (χ3v) is 5.73. The number of rotatable bonds is 3. The fraction of sp³-hybridized carbons (Fsp3) is 0.350. The number of nitrogens with zero attached hydrogens (tertiary/aromatic N) is 3. The maximum atomic E-state index is 12.6. The zero-order chi connectivity index (χ0) is 18.1. The summed E-state index contributed by atoms with van der Waals surface area (Å²) in [6, 6.07) is 6.18. The second-order valence-corrected chi connectivity index (χ2v) is 7.41. The molecule has 0 aliphatic carbocycles. The molecule has 0 saturated carbocycles. The molecule has 0 radical (unpaired) electrons. The van der Waals surface area contributed by atoms with Crippen molar-refractivity contribution >= 4 is 28.0 Å². The van der Waals surface area contributed by atoms with Gasteiger partial charge >= 0.3 is 0 Å². The van der Waals surface area contributed by atoms with E-state index in [1.807, 2.05) is 28.6 Å². The molecule has 0 spiro atoms. The molecule has 6 heteroatoms. The Kier molecular flexibility index (Phi) is 4.59. The fourth-order valence-corrected chi connectivity index (χ4v) is 4.22. The molecule has 0 unspecified atom stereocenters. The Bertz CT molecular complexity index is 940. The minimum absolute atomic E-state index is 0.0228. The quantitative estimate of drug-likeness (QED) is 0.701. The molecule has 3 aromatic rings. The standard InChI is InChI=1S/C20H21N3O2S/c1-13-16-8-17(21-9-14(16)5-6-19(13)25-2)15-4-3-7-23(10-15)20(24)18-11-26-12-22-18/h5-6,8-9,11-12,15H,3-4,7,10H2,1-2H3/t15-/m1/s1. The van der Waals surface area contributed by atoms with Gasteiger partial charge in [0, 0.05) is 41.7 Å². The first-order valence-corrected chi connectivity index (χ1v) is 9.72. The number of pyridine rings is 1. The molecule has 5 nitrogen and oxygen atoms in total. The van der Waals surface area contributed by atoms with Crippen LogP contribution in [0.25, 0.3) is 10.8 Å². The molecule has 134 valence electrons. The van der Waals surface area contributed by atoms with Crippen LogP contribution in [0.3, 0.4) is 0 Å². The second-order valence-electron chi connectivity index (χ2n) is 6.69. The molecule has 1 aliphatic rings. The van der Waals surface area contributed by atoms with Gasteiger partial charge in [0.05, 0.1) is 12.6 Å². The predicted molar refractivity (Wildman–Crippen MR) is 103 cm³/mol. The predicted octanol–water partition coefficient (Wildman–Crippen LogP) is 4.03. The lowest BCUT2D eigenvalue weighted by Crippen LogP contribution is -2.39. The van der Waals surface area contributed by atoms with Crippen molar-refractivity contribution in [2.45, 2.75) is 25.7 Å². The molecule has 2 aromatic heterocycles. The number of amides is 1. The number of thiazole rings is 1. The van der Waals surface area contributed by atoms with E-state index in [4.69, 9.17) is 9.72 Å². The highest BCUT2D eigenvalue weighted by Crippen LogP contribution is 2.32. The van der Waals surface area contributed by atoms with Crippen LogP contribution in [-0.4, -0.2) is 41.0 Å². The van der Waals surface area contributed by atoms with E-state index in [0.29, 0.717) is 12.2 Å². The summed E-state index contributed by atoms with van der Waals surface area (Å²) < 4.78 is 5.45. The fourth-order valence-electron chi connectivity index (χ4n) is 3.69. The topological polar surface area (TPSA) is 55.3 Å². The lowest BCUT2D eigenvalue weighted by Gasteiger charge is -2.32. The van der Waals surface area contributed by atoms with Crippen molar-refractivity contribution in [1.82, 2.24) is 14.9 Å². The number of aromatic nitrogens is 2. The number of fused-ring (bicyclic) bond motifs is 1. The Morgan fingerprint density at radius 2 is 2.23 bits per heavy atom. The monoisotopic (exact) mass is 367 g/mol. The van der Waals surface area contributed by atoms with Crippen LogP contribution in [0.2, 0.25) is 0 Å². The normalized spacial score (nSPS) is 17.5. The maximum Gasteiger partial charge on any atom is 0.273 e. The third kappa shape index (κ3) is 3.05. The van der Waals surface area contributed by atoms with Crippen LogP contribution in [-0.2, 0) is 0 Å². The Morgan fingerprint density at radius 1 is 1.35 bits per heavy atom. The van der Waals surface area contributed by atoms with Crippen molar-refractivity contribution in [3.8, 4) is 5.75 Å². The summed E-state index contributed by atoms with van der Waals surface area (Å²) in [4.78, 5) is 23.4. The van der Waals surface area contributed by atoms with Gasteiger partial charge in [-0.15, -0.1) is 11.3 Å². The lowest BCUT2D eigenvalue weighted by molar-refractivity contribution is 0.0701. The van der Waals surface area contributed by atoms with Crippen LogP contribution >= 0.6 is 11.3 Å². The summed E-state index contributed by atoms with van der Waals surface area (Å²) in [7, 11) is 1.69. The molecule has 1 amide bonds. The van der Waals surface area contributed by atoms with Crippen LogP contribution in [0, 0.1) is 6.92 Å². The number of methoxy groups -OCH3 is 1. The number of likely N-dealkylation sites (tertiary alicyclic amines) is 1. The highest BCUT2D eigenvalue weighted by Gasteiger charge is 2.27. The third-order valence-electron chi connectivity index (χ3n) is 5.14. The molecule has 0 N–H and O–H groups in total. The summed E-state index contributed by atoms with van der Waals surface area (Å²) in [6.45, 7) is 3.55. The minimum Gasteiger partial charge on any atom is -0.496 e. The maximum absolute atomic E-state index is 12.6. The highest BCUT2D eigenvalue weighted by atomic mass is 32.1. The number of carbonyl (C=O) groups is 1. The van der Waals surface area contributed by atoms with Gasteiger partial charge in [-0.05, 0) is 48.9 Å². The Morgan fingerprint density at radius 3 is 3.00 bits per heavy atom. The van der Waals surface area contributed by atoms with E-state index < -0.39 is 0 Å². The van der Waals surface area contributed by atoms with Gasteiger partial charge in [0.2, 0.25) is 0 Å². The number of aryl methyl sites for hydroxylation is 1. The lowest BCUT2D eigenvalue weighted by atomic mass is 9.92. The van der Waals surface area contributed by atoms with Gasteiger partial charge in [0.25, 0.3) is 5.91 Å². The first-order valence-electron chi connectivity index (χ1n) is 8.78. The molecule has 1 aromatic carbocycles. The zero-order valence-electron chi connectivity index (χ0n) is 14.9. The first-order chi connectivity index (χ1) is 12.7. The molecule has 26 heavy (non-hydrogen) atoms. The number of hydrogen-bond acceptors (Lipinski definition) is 5. The van der Waals surface area contributed by atoms with Crippen molar-refractivity contribution in [3.63, 3.8) is 0 Å². The molecule has 1 aliphatic heterocycles. The van der Waals surface area contributed by atoms with E-state index in [9.17, 15) is 4.79 Å². The van der Waals surface area contributed by atoms with Crippen molar-refractivity contribution in [2.75, 3.05) is 20.2 Å². The molecule has 1 fully saturated rings. The van der Waals surface area contributed by atoms with E-state index in [1.54, 1.807) is 12.6 Å². The summed E-state index contributed by atoms with van der Waals surface area (Å²) in [6.07, 6.45) is 3.96. The summed E-state index contributed by atoms with van der Waals surface area (Å²) in [5.74, 6) is 1.16. The van der Waals surface area contributed by atoms with Crippen LogP contribution in [0.5, 0.6) is 5.75 Å². The number of ether oxygens (including phenoxy) is 1. The Balaban J connectivity index is 1.62. The van der Waals surface area contributed by atoms with Crippen LogP contribution < -0.4 is 4.74 Å². The average Bonchev–Trinajstić information content (AvgIpc) is 3.22. The smallest absolute Gasteiger partial charge is 0.273 e. The number of piperidine rings is 1. The van der Waals surface area contributed by atoms with Gasteiger partial charge < -0.3 is 9.64 Å². The van der Waals surface area contributed by atoms with Crippen LogP contribution in [0.1, 0.15) is 40.5 Å². The molecule has 1 atom stereocenters. The first kappa shape index (κ1) is 17.0. The van der Waals surface area contributed by atoms with E-state index in [2.05, 4.69) is 18.0 Å². The van der Waals surface area contributed by atoms with Gasteiger partial charge in [-0.25, -0.2) is 4.98 Å². The van der Waals surface area contributed by atoms with Gasteiger partial charge in [-0.1, -0.05) is 0 Å². The van der Waals surface area contributed by atoms with E-state index >= 15 is 0 Å². The number of benzene rings is 1. The van der Waals surface area contributed by atoms with Crippen molar-refractivity contribution in [1.29, 1.82) is 0 Å². The van der Waals surface area contributed by atoms with Gasteiger partial charge in [0.1, 0.15) is 11.4 Å². The number of hydrogen-bond donors (Lipinski definition) is 0. The minimum atomic E-state index is 0.0228. The van der Waals surface area contributed by atoms with Crippen molar-refractivity contribution < 1.29 is 9.53 Å². The van der Waals surface area contributed by atoms with Gasteiger partial charge in [-0.3, -0.25) is 9.78 Å². The molecule has 3 heterocycles. The highest BCUT2D eigenvalue weighted by molar-refractivity contribution is 7.07. The van der Waals surface area contributed by atoms with E-state index in [1.165, 1.54) is 11.3 Å². The second kappa shape index (κ2) is 7.03. The van der Waals surface area contributed by atoms with Crippen molar-refractivity contribution in [2.24, 2.45) is 0 Å². The summed E-state index contributed by atoms with van der Waals surface area (Å²) in [5, 5.41) is 4.09. The molecular formula is C20H21N3O2S. The SMILES string of the molecule is COc1ccc2cnc([C@@H]3CCCN(C(=O)c4cscn4)C3)cc2c1C. The Labute approximate surface area is 156 Å². The van der Waals surface area contributed by atoms with E-state index in [0.717, 1.165) is 47.2 Å². The zero-order valence-corrected chi connectivity index (χ0v) is 15.8. The largest absolute Gasteiger partial charge is 0.496 e. The van der Waals surface area contributed by atoms with Gasteiger partial charge in [0.15, 0.2) is 0 Å². The number of carbonyl (C=O) groups excluding carboxylic acids is 1. The molecular weight excluding hydrogens is 346 g/mol. The summed E-state index contributed by atoms with van der Waals surface area (Å²) in [5.41, 5.74) is 4.42.